The molecule has 1 heterocycles. The molecule has 0 saturated heterocycles. The first-order chi connectivity index (χ1) is 10.1. The number of hydrogen-bond donors (Lipinski definition) is 2. The Morgan fingerprint density at radius 2 is 2.10 bits per heavy atom. The number of aromatic nitrogens is 2. The second-order valence-electron chi connectivity index (χ2n) is 4.24. The van der Waals surface area contributed by atoms with Gasteiger partial charge in [0.05, 0.1) is 6.54 Å². The predicted molar refractivity (Wildman–Crippen MR) is 92.2 cm³/mol. The van der Waals surface area contributed by atoms with E-state index >= 15 is 0 Å². The van der Waals surface area contributed by atoms with Crippen molar-refractivity contribution in [3.05, 3.63) is 58.7 Å². The number of benzene rings is 1. The fraction of sp³-hybridized carbons (Fsp3) is 0.143. The zero-order valence-electron chi connectivity index (χ0n) is 11.1. The van der Waals surface area contributed by atoms with Crippen molar-refractivity contribution >= 4 is 46.4 Å². The monoisotopic (exact) mass is 340 g/mol. The van der Waals surface area contributed by atoms with E-state index in [0.717, 1.165) is 5.56 Å². The summed E-state index contributed by atoms with van der Waals surface area (Å²) in [5, 5.41) is 11.9. The molecule has 0 amide bonds. The molecule has 7 heteroatoms. The summed E-state index contributed by atoms with van der Waals surface area (Å²) in [5.41, 5.74) is 0.970. The minimum atomic E-state index is 0.444. The summed E-state index contributed by atoms with van der Waals surface area (Å²) in [5.74, 6) is 0.505. The Morgan fingerprint density at radius 1 is 1.33 bits per heavy atom. The maximum atomic E-state index is 6.14. The van der Waals surface area contributed by atoms with Crippen LogP contribution in [0.3, 0.4) is 0 Å². The molecule has 0 atom stereocenters. The lowest BCUT2D eigenvalue weighted by Crippen LogP contribution is -2.28. The molecule has 21 heavy (non-hydrogen) atoms. The maximum absolute atomic E-state index is 6.14. The number of hydrogen-bond acceptors (Lipinski definition) is 2. The highest BCUT2D eigenvalue weighted by atomic mass is 35.5. The van der Waals surface area contributed by atoms with Crippen molar-refractivity contribution < 1.29 is 0 Å². The highest BCUT2D eigenvalue weighted by molar-refractivity contribution is 7.80. The molecular formula is C14H14Cl2N4S. The molecule has 1 aromatic carbocycles. The van der Waals surface area contributed by atoms with Gasteiger partial charge in [0.25, 0.3) is 0 Å². The average Bonchev–Trinajstić information content (AvgIpc) is 2.79. The second kappa shape index (κ2) is 7.45. The van der Waals surface area contributed by atoms with Crippen LogP contribution in [0, 0.1) is 0 Å². The van der Waals surface area contributed by atoms with Gasteiger partial charge in [0, 0.05) is 17.8 Å². The SMILES string of the molecule is C=CCNC(=S)Nc1nn(Cc2ccccc2Cl)cc1Cl. The molecule has 2 aromatic rings. The first-order valence-electron chi connectivity index (χ1n) is 6.22. The smallest absolute Gasteiger partial charge is 0.173 e. The molecular weight excluding hydrogens is 327 g/mol. The molecule has 110 valence electrons. The fourth-order valence-electron chi connectivity index (χ4n) is 1.68. The first kappa shape index (κ1) is 15.8. The van der Waals surface area contributed by atoms with E-state index in [1.807, 2.05) is 24.3 Å². The van der Waals surface area contributed by atoms with E-state index in [1.165, 1.54) is 0 Å². The molecule has 0 bridgehead atoms. The van der Waals surface area contributed by atoms with Gasteiger partial charge >= 0.3 is 0 Å². The quantitative estimate of drug-likeness (QED) is 0.643. The molecule has 0 saturated carbocycles. The lowest BCUT2D eigenvalue weighted by molar-refractivity contribution is 0.690. The lowest BCUT2D eigenvalue weighted by Gasteiger charge is -2.06. The van der Waals surface area contributed by atoms with E-state index < -0.39 is 0 Å². The Morgan fingerprint density at radius 3 is 2.81 bits per heavy atom. The Kier molecular flexibility index (Phi) is 5.61. The van der Waals surface area contributed by atoms with Gasteiger partial charge in [-0.1, -0.05) is 47.5 Å². The van der Waals surface area contributed by atoms with Gasteiger partial charge in [-0.15, -0.1) is 6.58 Å². The van der Waals surface area contributed by atoms with E-state index in [2.05, 4.69) is 22.3 Å². The molecule has 0 unspecified atom stereocenters. The van der Waals surface area contributed by atoms with Crippen molar-refractivity contribution in [1.82, 2.24) is 15.1 Å². The van der Waals surface area contributed by atoms with Crippen molar-refractivity contribution in [1.29, 1.82) is 0 Å². The van der Waals surface area contributed by atoms with E-state index in [1.54, 1.807) is 17.0 Å². The summed E-state index contributed by atoms with van der Waals surface area (Å²) in [6.07, 6.45) is 3.44. The molecule has 0 fully saturated rings. The third-order valence-corrected chi connectivity index (χ3v) is 3.54. The predicted octanol–water partition coefficient (Wildman–Crippen LogP) is 3.71. The van der Waals surface area contributed by atoms with E-state index in [0.29, 0.717) is 34.1 Å². The van der Waals surface area contributed by atoms with Crippen LogP contribution in [-0.4, -0.2) is 21.4 Å². The van der Waals surface area contributed by atoms with Crippen molar-refractivity contribution in [3.8, 4) is 0 Å². The van der Waals surface area contributed by atoms with Crippen molar-refractivity contribution in [2.24, 2.45) is 0 Å². The van der Waals surface area contributed by atoms with Gasteiger partial charge in [-0.3, -0.25) is 4.68 Å². The van der Waals surface area contributed by atoms with Crippen LogP contribution in [-0.2, 0) is 6.54 Å². The van der Waals surface area contributed by atoms with Gasteiger partial charge in [0.15, 0.2) is 10.9 Å². The maximum Gasteiger partial charge on any atom is 0.173 e. The molecule has 0 aliphatic rings. The Balaban J connectivity index is 2.07. The molecule has 0 aliphatic heterocycles. The topological polar surface area (TPSA) is 41.9 Å². The largest absolute Gasteiger partial charge is 0.359 e. The van der Waals surface area contributed by atoms with Gasteiger partial charge in [-0.25, -0.2) is 0 Å². The minimum absolute atomic E-state index is 0.444. The second-order valence-corrected chi connectivity index (χ2v) is 5.46. The van der Waals surface area contributed by atoms with Gasteiger partial charge in [-0.05, 0) is 23.8 Å². The standard InChI is InChI=1S/C14H14Cl2N4S/c1-2-7-17-14(21)18-13-12(16)9-20(19-13)8-10-5-3-4-6-11(10)15/h2-6,9H,1,7-8H2,(H2,17,18,19,21). The van der Waals surface area contributed by atoms with Crippen molar-refractivity contribution in [2.45, 2.75) is 6.54 Å². The molecule has 2 N–H and O–H groups in total. The fourth-order valence-corrected chi connectivity index (χ4v) is 2.25. The molecule has 4 nitrogen and oxygen atoms in total. The van der Waals surface area contributed by atoms with Crippen LogP contribution in [0.5, 0.6) is 0 Å². The summed E-state index contributed by atoms with van der Waals surface area (Å²) < 4.78 is 1.71. The van der Waals surface area contributed by atoms with Crippen LogP contribution >= 0.6 is 35.4 Å². The highest BCUT2D eigenvalue weighted by Gasteiger charge is 2.09. The lowest BCUT2D eigenvalue weighted by atomic mass is 10.2. The Hall–Kier alpha value is -1.56. The number of halogens is 2. The van der Waals surface area contributed by atoms with Crippen molar-refractivity contribution in [2.75, 3.05) is 11.9 Å². The van der Waals surface area contributed by atoms with Crippen LogP contribution in [0.1, 0.15) is 5.56 Å². The normalized spacial score (nSPS) is 10.2. The third kappa shape index (κ3) is 4.46. The molecule has 0 spiro atoms. The number of nitrogens with zero attached hydrogens (tertiary/aromatic N) is 2. The summed E-state index contributed by atoms with van der Waals surface area (Å²) in [4.78, 5) is 0. The molecule has 0 aliphatic carbocycles. The number of nitrogens with one attached hydrogen (secondary N) is 2. The Labute approximate surface area is 138 Å². The first-order valence-corrected chi connectivity index (χ1v) is 7.38. The van der Waals surface area contributed by atoms with Crippen LogP contribution < -0.4 is 10.6 Å². The van der Waals surface area contributed by atoms with Gasteiger partial charge in [0.2, 0.25) is 0 Å². The van der Waals surface area contributed by atoms with Crippen LogP contribution in [0.25, 0.3) is 0 Å². The number of thiocarbonyl (C=S) groups is 1. The van der Waals surface area contributed by atoms with E-state index in [-0.39, 0.29) is 0 Å². The average molecular weight is 341 g/mol. The summed E-state index contributed by atoms with van der Waals surface area (Å²) in [7, 11) is 0. The molecule has 2 rings (SSSR count). The van der Waals surface area contributed by atoms with E-state index in [4.69, 9.17) is 35.4 Å². The number of anilines is 1. The summed E-state index contributed by atoms with van der Waals surface area (Å²) in [6.45, 7) is 4.72. The highest BCUT2D eigenvalue weighted by Crippen LogP contribution is 2.21. The summed E-state index contributed by atoms with van der Waals surface area (Å²) >= 11 is 17.4. The molecule has 1 aromatic heterocycles. The van der Waals surface area contributed by atoms with Crippen LogP contribution in [0.2, 0.25) is 10.0 Å². The third-order valence-electron chi connectivity index (χ3n) is 2.65. The van der Waals surface area contributed by atoms with Crippen LogP contribution in [0.15, 0.2) is 43.1 Å². The van der Waals surface area contributed by atoms with Gasteiger partial charge < -0.3 is 10.6 Å². The summed E-state index contributed by atoms with van der Waals surface area (Å²) in [6, 6.07) is 7.61. The number of rotatable bonds is 5. The Bertz CT molecular complexity index is 654. The zero-order valence-corrected chi connectivity index (χ0v) is 13.5. The molecule has 0 radical (unpaired) electrons. The van der Waals surface area contributed by atoms with E-state index in [9.17, 15) is 0 Å². The van der Waals surface area contributed by atoms with Crippen molar-refractivity contribution in [3.63, 3.8) is 0 Å². The van der Waals surface area contributed by atoms with Crippen LogP contribution in [0.4, 0.5) is 5.82 Å². The zero-order chi connectivity index (χ0) is 15.2. The minimum Gasteiger partial charge on any atom is -0.359 e. The van der Waals surface area contributed by atoms with Gasteiger partial charge in [-0.2, -0.15) is 5.10 Å². The van der Waals surface area contributed by atoms with Gasteiger partial charge in [0.1, 0.15) is 5.02 Å².